The first kappa shape index (κ1) is 20.0. The second-order valence-electron chi connectivity index (χ2n) is 8.43. The summed E-state index contributed by atoms with van der Waals surface area (Å²) in [6, 6.07) is 40.8. The van der Waals surface area contributed by atoms with E-state index >= 15 is 0 Å². The maximum atomic E-state index is 12.6. The van der Waals surface area contributed by atoms with E-state index in [1.165, 1.54) is 0 Å². The zero-order valence-corrected chi connectivity index (χ0v) is 18.6. The Hall–Kier alpha value is -3.65. The summed E-state index contributed by atoms with van der Waals surface area (Å²) in [7, 11) is 0. The van der Waals surface area contributed by atoms with E-state index in [4.69, 9.17) is 11.6 Å². The van der Waals surface area contributed by atoms with Crippen molar-refractivity contribution >= 4 is 11.6 Å². The van der Waals surface area contributed by atoms with Gasteiger partial charge in [-0.2, -0.15) is 0 Å². The van der Waals surface area contributed by atoms with E-state index in [2.05, 4.69) is 42.5 Å². The molecule has 0 spiro atoms. The molecule has 0 amide bonds. The molecule has 0 saturated carbocycles. The number of halogens is 1. The quantitative estimate of drug-likeness (QED) is 0.299. The summed E-state index contributed by atoms with van der Waals surface area (Å²) in [6.45, 7) is 0. The Kier molecular flexibility index (Phi) is 4.69. The Morgan fingerprint density at radius 2 is 1.00 bits per heavy atom. The molecule has 2 heteroatoms. The van der Waals surface area contributed by atoms with Crippen LogP contribution in [0.3, 0.4) is 0 Å². The van der Waals surface area contributed by atoms with E-state index in [0.717, 1.165) is 50.1 Å². The van der Waals surface area contributed by atoms with Crippen molar-refractivity contribution in [3.8, 4) is 33.4 Å². The number of hydrogen-bond acceptors (Lipinski definition) is 1. The van der Waals surface area contributed by atoms with E-state index in [0.29, 0.717) is 5.02 Å². The van der Waals surface area contributed by atoms with Crippen LogP contribution >= 0.6 is 11.6 Å². The molecule has 0 heterocycles. The highest BCUT2D eigenvalue weighted by Crippen LogP contribution is 2.53. The maximum absolute atomic E-state index is 12.6. The van der Waals surface area contributed by atoms with Crippen LogP contribution in [0.25, 0.3) is 33.4 Å². The average molecular weight is 445 g/mol. The molecule has 33 heavy (non-hydrogen) atoms. The Labute approximate surface area is 198 Å². The summed E-state index contributed by atoms with van der Waals surface area (Å²) < 4.78 is 0. The lowest BCUT2D eigenvalue weighted by molar-refractivity contribution is 0.131. The number of benzene rings is 5. The molecular formula is C31H21ClO. The van der Waals surface area contributed by atoms with Gasteiger partial charge in [-0.15, -0.1) is 0 Å². The van der Waals surface area contributed by atoms with Gasteiger partial charge in [0.1, 0.15) is 5.60 Å². The van der Waals surface area contributed by atoms with Crippen molar-refractivity contribution in [2.24, 2.45) is 0 Å². The summed E-state index contributed by atoms with van der Waals surface area (Å²) in [5, 5.41) is 13.3. The third-order valence-corrected chi connectivity index (χ3v) is 6.85. The molecule has 5 aromatic carbocycles. The molecule has 0 saturated heterocycles. The molecule has 0 radical (unpaired) electrons. The van der Waals surface area contributed by atoms with Crippen LogP contribution in [0.15, 0.2) is 121 Å². The lowest BCUT2D eigenvalue weighted by Crippen LogP contribution is -2.27. The van der Waals surface area contributed by atoms with Crippen LogP contribution in [-0.2, 0) is 5.60 Å². The highest BCUT2D eigenvalue weighted by molar-refractivity contribution is 6.30. The van der Waals surface area contributed by atoms with Gasteiger partial charge in [-0.25, -0.2) is 0 Å². The summed E-state index contributed by atoms with van der Waals surface area (Å²) >= 11 is 6.15. The van der Waals surface area contributed by atoms with Crippen LogP contribution in [0.1, 0.15) is 16.7 Å². The predicted octanol–water partition coefficient (Wildman–Crippen LogP) is 7.94. The predicted molar refractivity (Wildman–Crippen MR) is 136 cm³/mol. The number of aliphatic hydroxyl groups is 1. The van der Waals surface area contributed by atoms with Crippen LogP contribution in [0.2, 0.25) is 5.02 Å². The van der Waals surface area contributed by atoms with Crippen molar-refractivity contribution < 1.29 is 5.11 Å². The van der Waals surface area contributed by atoms with Gasteiger partial charge in [0.2, 0.25) is 0 Å². The minimum atomic E-state index is -1.27. The van der Waals surface area contributed by atoms with Crippen molar-refractivity contribution in [2.75, 3.05) is 0 Å². The summed E-state index contributed by atoms with van der Waals surface area (Å²) in [6.07, 6.45) is 0. The van der Waals surface area contributed by atoms with E-state index in [-0.39, 0.29) is 0 Å². The smallest absolute Gasteiger partial charge is 0.142 e. The van der Waals surface area contributed by atoms with Gasteiger partial charge in [-0.3, -0.25) is 0 Å². The molecule has 1 atom stereocenters. The van der Waals surface area contributed by atoms with Gasteiger partial charge in [0, 0.05) is 21.7 Å². The highest BCUT2D eigenvalue weighted by Gasteiger charge is 2.44. The topological polar surface area (TPSA) is 20.2 Å². The van der Waals surface area contributed by atoms with Gasteiger partial charge < -0.3 is 5.11 Å². The van der Waals surface area contributed by atoms with Gasteiger partial charge >= 0.3 is 0 Å². The summed E-state index contributed by atoms with van der Waals surface area (Å²) in [5.41, 5.74) is 7.78. The fraction of sp³-hybridized carbons (Fsp3) is 0.0323. The summed E-state index contributed by atoms with van der Waals surface area (Å²) in [5.74, 6) is 0. The Morgan fingerprint density at radius 3 is 1.73 bits per heavy atom. The monoisotopic (exact) mass is 444 g/mol. The maximum Gasteiger partial charge on any atom is 0.142 e. The van der Waals surface area contributed by atoms with Crippen LogP contribution in [0.5, 0.6) is 0 Å². The third kappa shape index (κ3) is 3.13. The van der Waals surface area contributed by atoms with Gasteiger partial charge in [0.05, 0.1) is 0 Å². The van der Waals surface area contributed by atoms with Crippen molar-refractivity contribution in [1.82, 2.24) is 0 Å². The fourth-order valence-corrected chi connectivity index (χ4v) is 5.16. The molecule has 5 aromatic rings. The van der Waals surface area contributed by atoms with Gasteiger partial charge in [-0.05, 0) is 51.6 Å². The van der Waals surface area contributed by atoms with Crippen LogP contribution < -0.4 is 0 Å². The third-order valence-electron chi connectivity index (χ3n) is 6.60. The molecule has 0 bridgehead atoms. The molecule has 0 aliphatic heterocycles. The zero-order chi connectivity index (χ0) is 22.4. The van der Waals surface area contributed by atoms with E-state index in [1.54, 1.807) is 0 Å². The fourth-order valence-electron chi connectivity index (χ4n) is 5.04. The molecule has 1 aliphatic carbocycles. The SMILES string of the molecule is OC1(c2ccccc2-c2ccc(Cl)cc2)c2ccccc2-c2ccc(-c3ccccc3)cc21. The molecule has 6 rings (SSSR count). The van der Waals surface area contributed by atoms with Crippen molar-refractivity contribution in [1.29, 1.82) is 0 Å². The molecule has 158 valence electrons. The van der Waals surface area contributed by atoms with Crippen molar-refractivity contribution in [2.45, 2.75) is 5.60 Å². The standard InChI is InChI=1S/C31H21ClO/c32-24-17-14-22(15-18-24)25-10-4-6-12-28(25)31(33)29-13-7-5-11-26(29)27-19-16-23(20-30(27)31)21-8-2-1-3-9-21/h1-20,33H. The minimum absolute atomic E-state index is 0.694. The highest BCUT2D eigenvalue weighted by atomic mass is 35.5. The zero-order valence-electron chi connectivity index (χ0n) is 17.9. The first-order valence-electron chi connectivity index (χ1n) is 11.0. The molecule has 0 aromatic heterocycles. The Balaban J connectivity index is 1.63. The van der Waals surface area contributed by atoms with Crippen LogP contribution in [0, 0.1) is 0 Å². The lowest BCUT2D eigenvalue weighted by atomic mass is 9.79. The normalized spacial score (nSPS) is 16.3. The van der Waals surface area contributed by atoms with Gasteiger partial charge in [0.15, 0.2) is 0 Å². The molecule has 1 aliphatic rings. The van der Waals surface area contributed by atoms with Gasteiger partial charge in [0.25, 0.3) is 0 Å². The first-order chi connectivity index (χ1) is 16.2. The molecule has 0 fully saturated rings. The number of fused-ring (bicyclic) bond motifs is 3. The Morgan fingerprint density at radius 1 is 0.455 bits per heavy atom. The molecular weight excluding hydrogens is 424 g/mol. The van der Waals surface area contributed by atoms with E-state index in [9.17, 15) is 5.11 Å². The largest absolute Gasteiger partial charge is 0.376 e. The van der Waals surface area contributed by atoms with E-state index in [1.807, 2.05) is 78.9 Å². The van der Waals surface area contributed by atoms with Gasteiger partial charge in [-0.1, -0.05) is 115 Å². The average Bonchev–Trinajstić information content (AvgIpc) is 3.14. The summed E-state index contributed by atoms with van der Waals surface area (Å²) in [4.78, 5) is 0. The molecule has 1 unspecified atom stereocenters. The van der Waals surface area contributed by atoms with Crippen molar-refractivity contribution in [3.05, 3.63) is 143 Å². The van der Waals surface area contributed by atoms with E-state index < -0.39 is 5.60 Å². The number of hydrogen-bond donors (Lipinski definition) is 1. The van der Waals surface area contributed by atoms with Crippen LogP contribution in [0.4, 0.5) is 0 Å². The lowest BCUT2D eigenvalue weighted by Gasteiger charge is -2.29. The Bertz CT molecular complexity index is 1470. The first-order valence-corrected chi connectivity index (χ1v) is 11.4. The second kappa shape index (κ2) is 7.74. The number of rotatable bonds is 3. The van der Waals surface area contributed by atoms with Crippen LogP contribution in [-0.4, -0.2) is 5.11 Å². The molecule has 1 nitrogen and oxygen atoms in total. The second-order valence-corrected chi connectivity index (χ2v) is 8.87. The minimum Gasteiger partial charge on any atom is -0.376 e. The molecule has 1 N–H and O–H groups in total. The van der Waals surface area contributed by atoms with Crippen molar-refractivity contribution in [3.63, 3.8) is 0 Å².